The summed E-state index contributed by atoms with van der Waals surface area (Å²) in [7, 11) is 0. The van der Waals surface area contributed by atoms with Crippen LogP contribution in [0.3, 0.4) is 0 Å². The molecule has 2 amide bonds. The number of halogens is 3. The highest BCUT2D eigenvalue weighted by Gasteiger charge is 2.42. The summed E-state index contributed by atoms with van der Waals surface area (Å²) in [5.41, 5.74) is 2.24. The van der Waals surface area contributed by atoms with Gasteiger partial charge in [-0.2, -0.15) is 13.2 Å². The van der Waals surface area contributed by atoms with Gasteiger partial charge in [-0.25, -0.2) is 4.79 Å². The van der Waals surface area contributed by atoms with E-state index in [1.165, 1.54) is 4.90 Å². The molecule has 0 saturated heterocycles. The number of hydrogen-bond acceptors (Lipinski definition) is 2. The number of carbonyl (C=O) groups excluding carboxylic acids is 1. The molecule has 4 nitrogen and oxygen atoms in total. The van der Waals surface area contributed by atoms with Crippen LogP contribution in [0.25, 0.3) is 0 Å². The fourth-order valence-electron chi connectivity index (χ4n) is 3.35. The number of pyridine rings is 1. The predicted octanol–water partition coefficient (Wildman–Crippen LogP) is 4.93. The van der Waals surface area contributed by atoms with Crippen LogP contribution in [0.2, 0.25) is 0 Å². The van der Waals surface area contributed by atoms with Crippen molar-refractivity contribution in [2.75, 3.05) is 11.4 Å². The number of carbonyl (C=O) groups is 1. The van der Waals surface area contributed by atoms with Crippen LogP contribution in [-0.4, -0.2) is 28.6 Å². The number of hydrogen-bond donors (Lipinski definition) is 0. The van der Waals surface area contributed by atoms with Gasteiger partial charge in [0.05, 0.1) is 18.3 Å². The quantitative estimate of drug-likeness (QED) is 0.755. The van der Waals surface area contributed by atoms with E-state index in [-0.39, 0.29) is 6.54 Å². The maximum atomic E-state index is 13.1. The van der Waals surface area contributed by atoms with Gasteiger partial charge >= 0.3 is 12.2 Å². The molecule has 1 aromatic heterocycles. The Hall–Kier alpha value is -2.57. The molecule has 0 spiro atoms. The average Bonchev–Trinajstić information content (AvgIpc) is 2.61. The normalized spacial score (nSPS) is 17.4. The Morgan fingerprint density at radius 1 is 1.12 bits per heavy atom. The van der Waals surface area contributed by atoms with Gasteiger partial charge in [-0.3, -0.25) is 9.88 Å². The Labute approximate surface area is 150 Å². The fourth-order valence-corrected chi connectivity index (χ4v) is 3.35. The molecule has 7 heteroatoms. The number of urea groups is 1. The maximum absolute atomic E-state index is 13.1. The molecular formula is C19H20F3N3O. The zero-order valence-corrected chi connectivity index (χ0v) is 14.4. The van der Waals surface area contributed by atoms with Crippen LogP contribution in [0.15, 0.2) is 48.8 Å². The van der Waals surface area contributed by atoms with Crippen LogP contribution in [0.1, 0.15) is 36.9 Å². The number of alkyl halides is 3. The summed E-state index contributed by atoms with van der Waals surface area (Å²) >= 11 is 0. The molecule has 138 valence electrons. The third kappa shape index (κ3) is 3.81. The zero-order valence-electron chi connectivity index (χ0n) is 14.4. The number of benzene rings is 1. The summed E-state index contributed by atoms with van der Waals surface area (Å²) in [6.07, 6.45) is -0.0742. The van der Waals surface area contributed by atoms with Crippen LogP contribution < -0.4 is 4.90 Å². The summed E-state index contributed by atoms with van der Waals surface area (Å²) in [5.74, 6) is 0. The number of nitrogens with zero attached hydrogens (tertiary/aromatic N) is 3. The van der Waals surface area contributed by atoms with E-state index in [1.54, 1.807) is 42.7 Å². The lowest BCUT2D eigenvalue weighted by molar-refractivity contribution is -0.144. The summed E-state index contributed by atoms with van der Waals surface area (Å²) in [5, 5.41) is 0. The summed E-state index contributed by atoms with van der Waals surface area (Å²) in [4.78, 5) is 19.3. The van der Waals surface area contributed by atoms with Gasteiger partial charge in [-0.1, -0.05) is 31.5 Å². The lowest BCUT2D eigenvalue weighted by Gasteiger charge is -2.43. The van der Waals surface area contributed by atoms with Gasteiger partial charge in [0.1, 0.15) is 6.54 Å². The minimum Gasteiger partial charge on any atom is -0.308 e. The van der Waals surface area contributed by atoms with Crippen molar-refractivity contribution in [3.63, 3.8) is 0 Å². The number of anilines is 1. The molecule has 0 N–H and O–H groups in total. The van der Waals surface area contributed by atoms with E-state index in [4.69, 9.17) is 0 Å². The first-order valence-electron chi connectivity index (χ1n) is 8.53. The Balaban J connectivity index is 2.03. The Morgan fingerprint density at radius 3 is 2.46 bits per heavy atom. The first-order chi connectivity index (χ1) is 12.4. The molecule has 0 radical (unpaired) electrons. The van der Waals surface area contributed by atoms with E-state index < -0.39 is 24.8 Å². The van der Waals surface area contributed by atoms with Crippen LogP contribution in [0.4, 0.5) is 23.7 Å². The number of para-hydroxylation sites is 1. The first-order valence-corrected chi connectivity index (χ1v) is 8.53. The number of fused-ring (bicyclic) bond motifs is 1. The minimum atomic E-state index is -4.45. The van der Waals surface area contributed by atoms with Gasteiger partial charge in [-0.05, 0) is 35.7 Å². The molecule has 0 bridgehead atoms. The second kappa shape index (κ2) is 7.35. The van der Waals surface area contributed by atoms with Crippen molar-refractivity contribution in [1.82, 2.24) is 9.88 Å². The SMILES string of the molecule is CCCC1c2ccccc2N(Cc2ccncc2)C(=O)N1CC(F)(F)F. The predicted molar refractivity (Wildman–Crippen MR) is 92.7 cm³/mol. The van der Waals surface area contributed by atoms with E-state index in [1.807, 2.05) is 13.0 Å². The van der Waals surface area contributed by atoms with Crippen molar-refractivity contribution in [3.8, 4) is 0 Å². The van der Waals surface area contributed by atoms with Gasteiger partial charge in [0, 0.05) is 12.4 Å². The molecule has 2 heterocycles. The third-order valence-electron chi connectivity index (χ3n) is 4.44. The summed E-state index contributed by atoms with van der Waals surface area (Å²) < 4.78 is 39.4. The van der Waals surface area contributed by atoms with Crippen molar-refractivity contribution in [2.24, 2.45) is 0 Å². The van der Waals surface area contributed by atoms with E-state index in [2.05, 4.69) is 4.98 Å². The molecule has 0 aliphatic carbocycles. The van der Waals surface area contributed by atoms with Crippen LogP contribution in [0, 0.1) is 0 Å². The van der Waals surface area contributed by atoms with Gasteiger partial charge in [0.25, 0.3) is 0 Å². The molecule has 1 atom stereocenters. The second-order valence-corrected chi connectivity index (χ2v) is 6.33. The molecular weight excluding hydrogens is 343 g/mol. The highest BCUT2D eigenvalue weighted by Crippen LogP contribution is 2.41. The lowest BCUT2D eigenvalue weighted by atomic mass is 9.95. The van der Waals surface area contributed by atoms with Gasteiger partial charge in [0.15, 0.2) is 0 Å². The largest absolute Gasteiger partial charge is 0.406 e. The Kier molecular flexibility index (Phi) is 5.15. The van der Waals surface area contributed by atoms with Gasteiger partial charge < -0.3 is 4.90 Å². The topological polar surface area (TPSA) is 36.4 Å². The van der Waals surface area contributed by atoms with Gasteiger partial charge in [-0.15, -0.1) is 0 Å². The molecule has 1 aliphatic rings. The van der Waals surface area contributed by atoms with Crippen molar-refractivity contribution in [3.05, 3.63) is 59.9 Å². The molecule has 1 aliphatic heterocycles. The van der Waals surface area contributed by atoms with Crippen molar-refractivity contribution in [2.45, 2.75) is 38.5 Å². The summed E-state index contributed by atoms with van der Waals surface area (Å²) in [6, 6.07) is 9.52. The minimum absolute atomic E-state index is 0.200. The van der Waals surface area contributed by atoms with Crippen LogP contribution in [0.5, 0.6) is 0 Å². The lowest BCUT2D eigenvalue weighted by Crippen LogP contribution is -2.52. The fraction of sp³-hybridized carbons (Fsp3) is 0.368. The monoisotopic (exact) mass is 363 g/mol. The zero-order chi connectivity index (χ0) is 18.7. The molecule has 0 saturated carbocycles. The van der Waals surface area contributed by atoms with Crippen molar-refractivity contribution < 1.29 is 18.0 Å². The summed E-state index contributed by atoms with van der Waals surface area (Å²) in [6.45, 7) is 0.853. The highest BCUT2D eigenvalue weighted by atomic mass is 19.4. The Bertz CT molecular complexity index is 764. The third-order valence-corrected chi connectivity index (χ3v) is 4.44. The number of amides is 2. The first kappa shape index (κ1) is 18.2. The average molecular weight is 363 g/mol. The van der Waals surface area contributed by atoms with Gasteiger partial charge in [0.2, 0.25) is 0 Å². The Morgan fingerprint density at radius 2 is 1.81 bits per heavy atom. The number of rotatable bonds is 5. The smallest absolute Gasteiger partial charge is 0.308 e. The molecule has 2 aromatic rings. The van der Waals surface area contributed by atoms with Crippen LogP contribution >= 0.6 is 0 Å². The molecule has 3 rings (SSSR count). The molecule has 0 fully saturated rings. The molecule has 1 unspecified atom stereocenters. The molecule has 26 heavy (non-hydrogen) atoms. The van der Waals surface area contributed by atoms with Crippen molar-refractivity contribution in [1.29, 1.82) is 0 Å². The highest BCUT2D eigenvalue weighted by molar-refractivity contribution is 5.95. The molecule has 1 aromatic carbocycles. The van der Waals surface area contributed by atoms with Crippen molar-refractivity contribution >= 4 is 11.7 Å². The maximum Gasteiger partial charge on any atom is 0.406 e. The van der Waals surface area contributed by atoms with E-state index in [0.717, 1.165) is 16.0 Å². The second-order valence-electron chi connectivity index (χ2n) is 6.33. The van der Waals surface area contributed by atoms with E-state index in [9.17, 15) is 18.0 Å². The number of aromatic nitrogens is 1. The van der Waals surface area contributed by atoms with E-state index in [0.29, 0.717) is 18.5 Å². The van der Waals surface area contributed by atoms with Crippen LogP contribution in [-0.2, 0) is 6.54 Å². The standard InChI is InChI=1S/C19H20F3N3O/c1-2-5-16-15-6-3-4-7-17(15)24(12-14-8-10-23-11-9-14)18(26)25(16)13-19(20,21)22/h3-4,6-11,16H,2,5,12-13H2,1H3. The van der Waals surface area contributed by atoms with E-state index >= 15 is 0 Å².